The molecule has 2 aromatic rings. The van der Waals surface area contributed by atoms with E-state index in [1.54, 1.807) is 62.6 Å². The molecule has 0 bridgehead atoms. The first kappa shape index (κ1) is 18.6. The van der Waals surface area contributed by atoms with Crippen LogP contribution in [0.1, 0.15) is 15.9 Å². The molecule has 1 N–H and O–H groups in total. The molecule has 2 aromatic carbocycles. The number of carbonyl (C=O) groups excluding carboxylic acids is 1. The second kappa shape index (κ2) is 8.94. The number of ether oxygens (including phenoxy) is 3. The predicted octanol–water partition coefficient (Wildman–Crippen LogP) is 2.35. The summed E-state index contributed by atoms with van der Waals surface area (Å²) < 4.78 is 15.8. The van der Waals surface area contributed by atoms with Crippen molar-refractivity contribution in [2.75, 3.05) is 34.5 Å². The van der Waals surface area contributed by atoms with Crippen LogP contribution in [-0.2, 0) is 6.54 Å². The van der Waals surface area contributed by atoms with Crippen molar-refractivity contribution >= 4 is 5.91 Å². The first-order chi connectivity index (χ1) is 12.1. The molecule has 0 unspecified atom stereocenters. The van der Waals surface area contributed by atoms with Gasteiger partial charge in [-0.1, -0.05) is 6.07 Å². The monoisotopic (exact) mass is 345 g/mol. The molecule has 0 heterocycles. The Kier molecular flexibility index (Phi) is 6.65. The molecule has 0 saturated carbocycles. The quantitative estimate of drug-likeness (QED) is 0.795. The molecule has 0 fully saturated rings. The summed E-state index contributed by atoms with van der Waals surface area (Å²) in [5.41, 5.74) is 1.29. The van der Waals surface area contributed by atoms with Gasteiger partial charge < -0.3 is 24.2 Å². The Labute approximate surface area is 147 Å². The fourth-order valence-electron chi connectivity index (χ4n) is 2.52. The summed E-state index contributed by atoms with van der Waals surface area (Å²) in [7, 11) is 4.71. The molecule has 0 aromatic heterocycles. The van der Waals surface area contributed by atoms with E-state index in [9.17, 15) is 9.90 Å². The van der Waals surface area contributed by atoms with Gasteiger partial charge in [0.25, 0.3) is 5.91 Å². The van der Waals surface area contributed by atoms with Crippen molar-refractivity contribution in [1.82, 2.24) is 4.90 Å². The highest BCUT2D eigenvalue weighted by molar-refractivity contribution is 5.94. The highest BCUT2D eigenvalue weighted by atomic mass is 16.5. The normalized spacial score (nSPS) is 10.2. The molecule has 2 rings (SSSR count). The summed E-state index contributed by atoms with van der Waals surface area (Å²) in [6.07, 6.45) is 0. The Bertz CT molecular complexity index is 717. The van der Waals surface area contributed by atoms with Crippen molar-refractivity contribution in [3.8, 4) is 17.2 Å². The Hall–Kier alpha value is -2.73. The van der Waals surface area contributed by atoms with E-state index in [1.807, 2.05) is 6.07 Å². The third-order valence-corrected chi connectivity index (χ3v) is 3.82. The van der Waals surface area contributed by atoms with E-state index in [0.717, 1.165) is 5.56 Å². The van der Waals surface area contributed by atoms with Crippen LogP contribution < -0.4 is 14.2 Å². The van der Waals surface area contributed by atoms with Gasteiger partial charge in [0, 0.05) is 24.2 Å². The maximum Gasteiger partial charge on any atom is 0.254 e. The van der Waals surface area contributed by atoms with Gasteiger partial charge in [0.1, 0.15) is 17.2 Å². The van der Waals surface area contributed by atoms with Gasteiger partial charge in [0.2, 0.25) is 0 Å². The molecular weight excluding hydrogens is 322 g/mol. The maximum absolute atomic E-state index is 12.8. The van der Waals surface area contributed by atoms with Crippen molar-refractivity contribution < 1.29 is 24.1 Å². The third kappa shape index (κ3) is 4.64. The summed E-state index contributed by atoms with van der Waals surface area (Å²) in [5, 5.41) is 9.36. The number of amides is 1. The second-order valence-corrected chi connectivity index (χ2v) is 5.36. The van der Waals surface area contributed by atoms with E-state index in [4.69, 9.17) is 14.2 Å². The summed E-state index contributed by atoms with van der Waals surface area (Å²) in [6, 6.07) is 12.3. The number of nitrogens with zero attached hydrogens (tertiary/aromatic N) is 1. The Morgan fingerprint density at radius 1 is 1.00 bits per heavy atom. The standard InChI is InChI=1S/C19H23NO5/c1-23-16-6-4-5-14(11-16)19(22)20(9-10-21)13-15-12-17(24-2)7-8-18(15)25-3/h4-8,11-12,21H,9-10,13H2,1-3H3. The fraction of sp³-hybridized carbons (Fsp3) is 0.316. The molecule has 0 saturated heterocycles. The lowest BCUT2D eigenvalue weighted by Gasteiger charge is -2.23. The molecule has 1 amide bonds. The van der Waals surface area contributed by atoms with Crippen molar-refractivity contribution in [1.29, 1.82) is 0 Å². The van der Waals surface area contributed by atoms with E-state index in [2.05, 4.69) is 0 Å². The van der Waals surface area contributed by atoms with Crippen molar-refractivity contribution in [3.05, 3.63) is 53.6 Å². The van der Waals surface area contributed by atoms with Crippen LogP contribution in [0.25, 0.3) is 0 Å². The van der Waals surface area contributed by atoms with Crippen LogP contribution >= 0.6 is 0 Å². The molecule has 6 nitrogen and oxygen atoms in total. The minimum Gasteiger partial charge on any atom is -0.497 e. The highest BCUT2D eigenvalue weighted by Crippen LogP contribution is 2.26. The van der Waals surface area contributed by atoms with Crippen molar-refractivity contribution in [2.45, 2.75) is 6.54 Å². The van der Waals surface area contributed by atoms with Gasteiger partial charge in [-0.2, -0.15) is 0 Å². The molecule has 0 radical (unpaired) electrons. The first-order valence-electron chi connectivity index (χ1n) is 7.88. The van der Waals surface area contributed by atoms with E-state index in [1.165, 1.54) is 0 Å². The van der Waals surface area contributed by atoms with Gasteiger partial charge in [-0.15, -0.1) is 0 Å². The minimum absolute atomic E-state index is 0.137. The zero-order valence-electron chi connectivity index (χ0n) is 14.7. The van der Waals surface area contributed by atoms with E-state index in [0.29, 0.717) is 22.8 Å². The van der Waals surface area contributed by atoms with E-state index >= 15 is 0 Å². The van der Waals surface area contributed by atoms with Gasteiger partial charge in [0.15, 0.2) is 0 Å². The van der Waals surface area contributed by atoms with Crippen LogP contribution in [0.2, 0.25) is 0 Å². The molecule has 0 aliphatic carbocycles. The van der Waals surface area contributed by atoms with Gasteiger partial charge in [-0.25, -0.2) is 0 Å². The summed E-state index contributed by atoms with van der Waals surface area (Å²) in [5.74, 6) is 1.74. The first-order valence-corrected chi connectivity index (χ1v) is 7.88. The maximum atomic E-state index is 12.8. The second-order valence-electron chi connectivity index (χ2n) is 5.36. The molecule has 0 aliphatic rings. The summed E-state index contributed by atoms with van der Waals surface area (Å²) in [6.45, 7) is 0.357. The minimum atomic E-state index is -0.196. The van der Waals surface area contributed by atoms with Crippen molar-refractivity contribution in [3.63, 3.8) is 0 Å². The Morgan fingerprint density at radius 3 is 2.36 bits per heavy atom. The number of carbonyl (C=O) groups is 1. The predicted molar refractivity (Wildman–Crippen MR) is 94.4 cm³/mol. The molecule has 134 valence electrons. The molecule has 6 heteroatoms. The SMILES string of the molecule is COc1cccc(C(=O)N(CCO)Cc2cc(OC)ccc2OC)c1. The molecule has 0 atom stereocenters. The smallest absolute Gasteiger partial charge is 0.254 e. The van der Waals surface area contributed by atoms with E-state index in [-0.39, 0.29) is 25.6 Å². The van der Waals surface area contributed by atoms with Crippen LogP contribution in [0.15, 0.2) is 42.5 Å². The summed E-state index contributed by atoms with van der Waals surface area (Å²) >= 11 is 0. The van der Waals surface area contributed by atoms with Gasteiger partial charge in [0.05, 0.1) is 27.9 Å². The number of rotatable bonds is 8. The number of hydrogen-bond donors (Lipinski definition) is 1. The summed E-state index contributed by atoms with van der Waals surface area (Å²) in [4.78, 5) is 14.4. The lowest BCUT2D eigenvalue weighted by molar-refractivity contribution is 0.0706. The lowest BCUT2D eigenvalue weighted by atomic mass is 10.1. The van der Waals surface area contributed by atoms with Crippen molar-refractivity contribution in [2.24, 2.45) is 0 Å². The average Bonchev–Trinajstić information content (AvgIpc) is 2.67. The largest absolute Gasteiger partial charge is 0.497 e. The third-order valence-electron chi connectivity index (χ3n) is 3.82. The number of aliphatic hydroxyl groups excluding tert-OH is 1. The van der Waals surface area contributed by atoms with Crippen LogP contribution in [0.4, 0.5) is 0 Å². The fourth-order valence-corrected chi connectivity index (χ4v) is 2.52. The molecule has 25 heavy (non-hydrogen) atoms. The Balaban J connectivity index is 2.30. The number of methoxy groups -OCH3 is 3. The van der Waals surface area contributed by atoms with Gasteiger partial charge >= 0.3 is 0 Å². The number of benzene rings is 2. The zero-order valence-corrected chi connectivity index (χ0v) is 14.7. The van der Waals surface area contributed by atoms with Crippen LogP contribution in [0, 0.1) is 0 Å². The molecule has 0 aliphatic heterocycles. The van der Waals surface area contributed by atoms with E-state index < -0.39 is 0 Å². The average molecular weight is 345 g/mol. The number of aliphatic hydroxyl groups is 1. The molecule has 0 spiro atoms. The lowest BCUT2D eigenvalue weighted by Crippen LogP contribution is -2.33. The highest BCUT2D eigenvalue weighted by Gasteiger charge is 2.18. The van der Waals surface area contributed by atoms with Crippen LogP contribution in [0.3, 0.4) is 0 Å². The Morgan fingerprint density at radius 2 is 1.72 bits per heavy atom. The van der Waals surface area contributed by atoms with Gasteiger partial charge in [-0.3, -0.25) is 4.79 Å². The van der Waals surface area contributed by atoms with Crippen LogP contribution in [0.5, 0.6) is 17.2 Å². The molecular formula is C19H23NO5. The topological polar surface area (TPSA) is 68.2 Å². The van der Waals surface area contributed by atoms with Crippen LogP contribution in [-0.4, -0.2) is 50.4 Å². The van der Waals surface area contributed by atoms with Gasteiger partial charge in [-0.05, 0) is 36.4 Å². The number of hydrogen-bond acceptors (Lipinski definition) is 5. The zero-order chi connectivity index (χ0) is 18.2.